The molecule has 0 aromatic carbocycles. The van der Waals surface area contributed by atoms with Gasteiger partial charge in [0.15, 0.2) is 9.84 Å². The molecule has 3 nitrogen and oxygen atoms in total. The molecule has 0 bridgehead atoms. The van der Waals surface area contributed by atoms with Crippen LogP contribution in [0.25, 0.3) is 6.08 Å². The quantitative estimate of drug-likeness (QED) is 0.624. The first kappa shape index (κ1) is 8.44. The molecule has 0 aliphatic carbocycles. The Morgan fingerprint density at radius 2 is 2.15 bits per heavy atom. The van der Waals surface area contributed by atoms with Crippen LogP contribution in [0.3, 0.4) is 0 Å². The highest BCUT2D eigenvalue weighted by atomic mass is 32.2. The highest BCUT2D eigenvalue weighted by Crippen LogP contribution is 2.21. The molecule has 0 N–H and O–H groups in total. The van der Waals surface area contributed by atoms with E-state index in [0.29, 0.717) is 10.6 Å². The van der Waals surface area contributed by atoms with E-state index in [0.717, 1.165) is 5.69 Å². The Bertz CT molecular complexity index is 474. The lowest BCUT2D eigenvalue weighted by Crippen LogP contribution is -2.11. The van der Waals surface area contributed by atoms with Crippen LogP contribution < -0.4 is 0 Å². The minimum absolute atomic E-state index is 0.0880. The fourth-order valence-corrected chi connectivity index (χ4v) is 2.56. The minimum Gasteiger partial charge on any atom is -0.252 e. The van der Waals surface area contributed by atoms with Gasteiger partial charge in [-0.05, 0) is 25.1 Å². The molecule has 0 saturated carbocycles. The fraction of sp³-hybridized carbons (Fsp3) is 0.222. The van der Waals surface area contributed by atoms with Crippen molar-refractivity contribution in [3.63, 3.8) is 0 Å². The molecule has 13 heavy (non-hydrogen) atoms. The lowest BCUT2D eigenvalue weighted by atomic mass is 10.3. The first-order valence-corrected chi connectivity index (χ1v) is 5.62. The number of aromatic nitrogens is 1. The van der Waals surface area contributed by atoms with Crippen LogP contribution >= 0.6 is 0 Å². The summed E-state index contributed by atoms with van der Waals surface area (Å²) in [6, 6.07) is 3.34. The van der Waals surface area contributed by atoms with Crippen molar-refractivity contribution >= 4 is 15.9 Å². The van der Waals surface area contributed by atoms with Crippen molar-refractivity contribution in [2.24, 2.45) is 0 Å². The van der Waals surface area contributed by atoms with Crippen LogP contribution in [0.15, 0.2) is 23.1 Å². The summed E-state index contributed by atoms with van der Waals surface area (Å²) in [6.07, 6.45) is 3.38. The molecule has 68 valence electrons. The van der Waals surface area contributed by atoms with Gasteiger partial charge in [0.05, 0.1) is 16.3 Å². The third kappa shape index (κ3) is 1.37. The Hall–Kier alpha value is -1.16. The lowest BCUT2D eigenvalue weighted by Gasteiger charge is -2.10. The number of hydrogen-bond donors (Lipinski definition) is 0. The minimum atomic E-state index is -3.11. The maximum Gasteiger partial charge on any atom is 0.184 e. The standard InChI is InChI=1S/C9H9NO2S/c1-7-4-5-9-8(10-7)3-2-6-13(9,11)12/h2-5H,6H2,1H3. The van der Waals surface area contributed by atoms with E-state index in [2.05, 4.69) is 4.98 Å². The third-order valence-corrected chi connectivity index (χ3v) is 3.60. The number of sulfone groups is 1. The Morgan fingerprint density at radius 1 is 1.38 bits per heavy atom. The molecular formula is C9H9NO2S. The normalized spacial score (nSPS) is 18.2. The van der Waals surface area contributed by atoms with E-state index in [4.69, 9.17) is 0 Å². The molecule has 2 heterocycles. The zero-order chi connectivity index (χ0) is 9.47. The average molecular weight is 195 g/mol. The summed E-state index contributed by atoms with van der Waals surface area (Å²) in [6.45, 7) is 1.84. The molecule has 0 radical (unpaired) electrons. The highest BCUT2D eigenvalue weighted by Gasteiger charge is 2.20. The number of fused-ring (bicyclic) bond motifs is 1. The van der Waals surface area contributed by atoms with Crippen molar-refractivity contribution < 1.29 is 8.42 Å². The van der Waals surface area contributed by atoms with Crippen LogP contribution in [0.5, 0.6) is 0 Å². The van der Waals surface area contributed by atoms with Gasteiger partial charge < -0.3 is 0 Å². The summed E-state index contributed by atoms with van der Waals surface area (Å²) in [5, 5.41) is 0. The lowest BCUT2D eigenvalue weighted by molar-refractivity contribution is 0.597. The molecule has 1 aliphatic rings. The highest BCUT2D eigenvalue weighted by molar-refractivity contribution is 7.91. The fourth-order valence-electron chi connectivity index (χ4n) is 1.32. The van der Waals surface area contributed by atoms with E-state index in [9.17, 15) is 8.42 Å². The summed E-state index contributed by atoms with van der Waals surface area (Å²) >= 11 is 0. The average Bonchev–Trinajstić information content (AvgIpc) is 2.02. The smallest absolute Gasteiger partial charge is 0.184 e. The van der Waals surface area contributed by atoms with Crippen LogP contribution in [-0.2, 0) is 9.84 Å². The van der Waals surface area contributed by atoms with Gasteiger partial charge in [-0.25, -0.2) is 8.42 Å². The van der Waals surface area contributed by atoms with Crippen molar-refractivity contribution in [1.29, 1.82) is 0 Å². The monoisotopic (exact) mass is 195 g/mol. The number of hydrogen-bond acceptors (Lipinski definition) is 3. The van der Waals surface area contributed by atoms with Crippen molar-refractivity contribution in [2.45, 2.75) is 11.8 Å². The largest absolute Gasteiger partial charge is 0.252 e. The summed E-state index contributed by atoms with van der Waals surface area (Å²) < 4.78 is 23.0. The van der Waals surface area contributed by atoms with Crippen LogP contribution in [0.1, 0.15) is 11.4 Å². The molecule has 0 amide bonds. The molecule has 2 rings (SSSR count). The second kappa shape index (κ2) is 2.67. The number of aryl methyl sites for hydroxylation is 1. The van der Waals surface area contributed by atoms with Crippen molar-refractivity contribution in [2.75, 3.05) is 5.75 Å². The molecule has 1 aromatic rings. The Kier molecular flexibility index (Phi) is 1.73. The second-order valence-electron chi connectivity index (χ2n) is 3.02. The van der Waals surface area contributed by atoms with Crippen LogP contribution in [0.2, 0.25) is 0 Å². The summed E-state index contributed by atoms with van der Waals surface area (Å²) in [4.78, 5) is 4.49. The predicted octanol–water partition coefficient (Wildman–Crippen LogP) is 1.19. The molecule has 0 atom stereocenters. The van der Waals surface area contributed by atoms with E-state index in [1.807, 2.05) is 6.92 Å². The van der Waals surface area contributed by atoms with Gasteiger partial charge in [-0.1, -0.05) is 6.08 Å². The first-order valence-electron chi connectivity index (χ1n) is 3.96. The molecular weight excluding hydrogens is 186 g/mol. The van der Waals surface area contributed by atoms with Gasteiger partial charge in [0.1, 0.15) is 0 Å². The van der Waals surface area contributed by atoms with Gasteiger partial charge >= 0.3 is 0 Å². The molecule has 0 saturated heterocycles. The maximum absolute atomic E-state index is 11.5. The van der Waals surface area contributed by atoms with Crippen molar-refractivity contribution in [1.82, 2.24) is 4.98 Å². The third-order valence-electron chi connectivity index (χ3n) is 1.95. The van der Waals surface area contributed by atoms with Gasteiger partial charge in [0.2, 0.25) is 0 Å². The summed E-state index contributed by atoms with van der Waals surface area (Å²) in [5.41, 5.74) is 1.40. The molecule has 1 aromatic heterocycles. The topological polar surface area (TPSA) is 47.0 Å². The SMILES string of the molecule is Cc1ccc2c(n1)C=CCS2(=O)=O. The Balaban J connectivity index is 2.75. The van der Waals surface area contributed by atoms with Crippen molar-refractivity contribution in [3.05, 3.63) is 29.6 Å². The van der Waals surface area contributed by atoms with E-state index < -0.39 is 9.84 Å². The Labute approximate surface area is 77.0 Å². The predicted molar refractivity (Wildman–Crippen MR) is 50.1 cm³/mol. The first-order chi connectivity index (χ1) is 6.09. The number of rotatable bonds is 0. The molecule has 0 fully saturated rings. The Morgan fingerprint density at radius 3 is 2.92 bits per heavy atom. The second-order valence-corrected chi connectivity index (χ2v) is 5.02. The van der Waals surface area contributed by atoms with Gasteiger partial charge in [0, 0.05) is 5.69 Å². The van der Waals surface area contributed by atoms with Gasteiger partial charge in [-0.3, -0.25) is 4.98 Å². The molecule has 4 heteroatoms. The van der Waals surface area contributed by atoms with Gasteiger partial charge in [-0.15, -0.1) is 0 Å². The number of pyridine rings is 1. The van der Waals surface area contributed by atoms with E-state index in [1.54, 1.807) is 24.3 Å². The van der Waals surface area contributed by atoms with Gasteiger partial charge in [0.25, 0.3) is 0 Å². The van der Waals surface area contributed by atoms with Crippen LogP contribution in [0.4, 0.5) is 0 Å². The summed E-state index contributed by atoms with van der Waals surface area (Å²) in [7, 11) is -3.11. The van der Waals surface area contributed by atoms with E-state index in [1.165, 1.54) is 0 Å². The maximum atomic E-state index is 11.5. The van der Waals surface area contributed by atoms with Crippen molar-refractivity contribution in [3.8, 4) is 0 Å². The van der Waals surface area contributed by atoms with Crippen LogP contribution in [0, 0.1) is 6.92 Å². The summed E-state index contributed by atoms with van der Waals surface area (Å²) in [5.74, 6) is 0.0880. The zero-order valence-electron chi connectivity index (χ0n) is 7.19. The van der Waals surface area contributed by atoms with E-state index in [-0.39, 0.29) is 5.75 Å². The van der Waals surface area contributed by atoms with Crippen LogP contribution in [-0.4, -0.2) is 19.2 Å². The van der Waals surface area contributed by atoms with Gasteiger partial charge in [-0.2, -0.15) is 0 Å². The molecule has 0 unspecified atom stereocenters. The number of nitrogens with zero attached hydrogens (tertiary/aromatic N) is 1. The zero-order valence-corrected chi connectivity index (χ0v) is 8.00. The molecule has 0 spiro atoms. The van der Waals surface area contributed by atoms with E-state index >= 15 is 0 Å². The molecule has 1 aliphatic heterocycles.